The smallest absolute Gasteiger partial charge is 0.265 e. The number of hydrogen-bond acceptors (Lipinski definition) is 6. The minimum absolute atomic E-state index is 0.105. The van der Waals surface area contributed by atoms with E-state index in [1.54, 1.807) is 30.3 Å². The number of rotatable bonds is 10. The van der Waals surface area contributed by atoms with Crippen molar-refractivity contribution in [2.45, 2.75) is 31.1 Å². The SMILES string of the molecule is CCOc1ccc(NS(=O)(=O)c2cc(NC(=O)COc3ccc4c(c3)CCC4)ccc2OC)cc1. The van der Waals surface area contributed by atoms with Crippen molar-refractivity contribution in [1.82, 2.24) is 0 Å². The molecule has 1 aliphatic rings. The molecule has 0 aromatic heterocycles. The fourth-order valence-electron chi connectivity index (χ4n) is 3.94. The number of hydrogen-bond donors (Lipinski definition) is 2. The van der Waals surface area contributed by atoms with Gasteiger partial charge in [0.1, 0.15) is 22.1 Å². The topological polar surface area (TPSA) is 103 Å². The predicted molar refractivity (Wildman–Crippen MR) is 134 cm³/mol. The number of nitrogens with one attached hydrogen (secondary N) is 2. The number of fused-ring (bicyclic) bond motifs is 1. The lowest BCUT2D eigenvalue weighted by Gasteiger charge is -2.14. The molecule has 184 valence electrons. The molecule has 4 rings (SSSR count). The summed E-state index contributed by atoms with van der Waals surface area (Å²) in [5, 5.41) is 2.69. The number of benzene rings is 3. The molecule has 3 aromatic carbocycles. The Morgan fingerprint density at radius 3 is 2.34 bits per heavy atom. The van der Waals surface area contributed by atoms with Gasteiger partial charge in [0.25, 0.3) is 15.9 Å². The third-order valence-electron chi connectivity index (χ3n) is 5.59. The molecule has 1 aliphatic carbocycles. The first-order chi connectivity index (χ1) is 16.9. The molecule has 1 amide bonds. The number of carbonyl (C=O) groups excluding carboxylic acids is 1. The highest BCUT2D eigenvalue weighted by Crippen LogP contribution is 2.30. The van der Waals surface area contributed by atoms with Crippen molar-refractivity contribution in [3.05, 3.63) is 71.8 Å². The van der Waals surface area contributed by atoms with E-state index >= 15 is 0 Å². The molecule has 0 aliphatic heterocycles. The molecule has 35 heavy (non-hydrogen) atoms. The number of aryl methyl sites for hydroxylation is 2. The van der Waals surface area contributed by atoms with E-state index in [1.165, 1.54) is 30.4 Å². The molecular weight excluding hydrogens is 468 g/mol. The van der Waals surface area contributed by atoms with E-state index < -0.39 is 15.9 Å². The summed E-state index contributed by atoms with van der Waals surface area (Å²) < 4.78 is 44.9. The zero-order valence-electron chi connectivity index (χ0n) is 19.7. The summed E-state index contributed by atoms with van der Waals surface area (Å²) in [6.07, 6.45) is 3.23. The second-order valence-corrected chi connectivity index (χ2v) is 9.70. The van der Waals surface area contributed by atoms with E-state index in [9.17, 15) is 13.2 Å². The Hall–Kier alpha value is -3.72. The van der Waals surface area contributed by atoms with Crippen molar-refractivity contribution >= 4 is 27.3 Å². The van der Waals surface area contributed by atoms with Crippen LogP contribution in [0.25, 0.3) is 0 Å². The van der Waals surface area contributed by atoms with Gasteiger partial charge in [-0.05, 0) is 91.9 Å². The molecule has 9 heteroatoms. The van der Waals surface area contributed by atoms with Gasteiger partial charge in [0.05, 0.1) is 13.7 Å². The van der Waals surface area contributed by atoms with Crippen LogP contribution >= 0.6 is 0 Å². The van der Waals surface area contributed by atoms with Gasteiger partial charge < -0.3 is 19.5 Å². The summed E-state index contributed by atoms with van der Waals surface area (Å²) in [5.41, 5.74) is 3.26. The monoisotopic (exact) mass is 496 g/mol. The first kappa shape index (κ1) is 24.4. The van der Waals surface area contributed by atoms with Gasteiger partial charge in [0, 0.05) is 11.4 Å². The van der Waals surface area contributed by atoms with E-state index in [4.69, 9.17) is 14.2 Å². The summed E-state index contributed by atoms with van der Waals surface area (Å²) in [6, 6.07) is 16.9. The van der Waals surface area contributed by atoms with Crippen molar-refractivity contribution in [1.29, 1.82) is 0 Å². The summed E-state index contributed by atoms with van der Waals surface area (Å²) in [4.78, 5) is 12.4. The molecule has 0 saturated heterocycles. The molecule has 2 N–H and O–H groups in total. The van der Waals surface area contributed by atoms with Crippen LogP contribution in [0.5, 0.6) is 17.2 Å². The van der Waals surface area contributed by atoms with Crippen LogP contribution in [-0.4, -0.2) is 34.6 Å². The zero-order valence-corrected chi connectivity index (χ0v) is 20.5. The lowest BCUT2D eigenvalue weighted by molar-refractivity contribution is -0.118. The lowest BCUT2D eigenvalue weighted by atomic mass is 10.1. The van der Waals surface area contributed by atoms with Gasteiger partial charge in [-0.1, -0.05) is 6.07 Å². The molecule has 0 atom stereocenters. The number of amides is 1. The van der Waals surface area contributed by atoms with Crippen molar-refractivity contribution in [3.63, 3.8) is 0 Å². The van der Waals surface area contributed by atoms with Crippen LogP contribution in [0, 0.1) is 0 Å². The Morgan fingerprint density at radius 2 is 1.60 bits per heavy atom. The predicted octanol–water partition coefficient (Wildman–Crippen LogP) is 4.40. The van der Waals surface area contributed by atoms with Crippen molar-refractivity contribution in [2.24, 2.45) is 0 Å². The first-order valence-corrected chi connectivity index (χ1v) is 12.8. The molecule has 0 fully saturated rings. The Kier molecular flexibility index (Phi) is 7.45. The average Bonchev–Trinajstić information content (AvgIpc) is 3.32. The Balaban J connectivity index is 1.44. The Labute approximate surface area is 205 Å². The summed E-state index contributed by atoms with van der Waals surface area (Å²) in [5.74, 6) is 1.02. The normalized spacial score (nSPS) is 12.5. The van der Waals surface area contributed by atoms with Gasteiger partial charge in [-0.15, -0.1) is 0 Å². The maximum absolute atomic E-state index is 13.1. The second-order valence-electron chi connectivity index (χ2n) is 8.05. The quantitative estimate of drug-likeness (QED) is 0.431. The highest BCUT2D eigenvalue weighted by atomic mass is 32.2. The molecule has 0 radical (unpaired) electrons. The minimum atomic E-state index is -4.00. The van der Waals surface area contributed by atoms with E-state index in [1.807, 2.05) is 25.1 Å². The van der Waals surface area contributed by atoms with Gasteiger partial charge in [-0.2, -0.15) is 0 Å². The van der Waals surface area contributed by atoms with Crippen LogP contribution in [0.4, 0.5) is 11.4 Å². The average molecular weight is 497 g/mol. The highest BCUT2D eigenvalue weighted by Gasteiger charge is 2.21. The molecule has 0 heterocycles. The zero-order chi connectivity index (χ0) is 24.8. The van der Waals surface area contributed by atoms with Crippen LogP contribution in [0.3, 0.4) is 0 Å². The molecule has 0 unspecified atom stereocenters. The fourth-order valence-corrected chi connectivity index (χ4v) is 5.20. The largest absolute Gasteiger partial charge is 0.495 e. The van der Waals surface area contributed by atoms with Crippen LogP contribution in [0.2, 0.25) is 0 Å². The fraction of sp³-hybridized carbons (Fsp3) is 0.269. The van der Waals surface area contributed by atoms with Gasteiger partial charge in [0.15, 0.2) is 6.61 Å². The van der Waals surface area contributed by atoms with Crippen molar-refractivity contribution in [3.8, 4) is 17.2 Å². The molecule has 0 spiro atoms. The first-order valence-electron chi connectivity index (χ1n) is 11.4. The summed E-state index contributed by atoms with van der Waals surface area (Å²) in [6.45, 7) is 2.18. The second kappa shape index (κ2) is 10.7. The van der Waals surface area contributed by atoms with E-state index in [2.05, 4.69) is 10.0 Å². The maximum atomic E-state index is 13.1. The number of sulfonamides is 1. The van der Waals surface area contributed by atoms with Crippen LogP contribution < -0.4 is 24.2 Å². The van der Waals surface area contributed by atoms with E-state index in [-0.39, 0.29) is 17.3 Å². The number of ether oxygens (including phenoxy) is 3. The van der Waals surface area contributed by atoms with Crippen LogP contribution in [0.1, 0.15) is 24.5 Å². The van der Waals surface area contributed by atoms with Crippen molar-refractivity contribution < 1.29 is 27.4 Å². The Bertz CT molecular complexity index is 1310. The van der Waals surface area contributed by atoms with Crippen molar-refractivity contribution in [2.75, 3.05) is 30.4 Å². The standard InChI is InChI=1S/C26H28N2O6S/c1-3-33-22-12-8-20(9-13-22)28-35(30,31)25-16-21(10-14-24(25)32-2)27-26(29)17-34-23-11-7-18-5-4-6-19(18)15-23/h7-16,28H,3-6,17H2,1-2H3,(H,27,29). The van der Waals surface area contributed by atoms with Crippen LogP contribution in [-0.2, 0) is 27.7 Å². The third kappa shape index (κ3) is 6.05. The van der Waals surface area contributed by atoms with Gasteiger partial charge in [0.2, 0.25) is 0 Å². The number of anilines is 2. The third-order valence-corrected chi connectivity index (χ3v) is 7.00. The number of carbonyl (C=O) groups is 1. The summed E-state index contributed by atoms with van der Waals surface area (Å²) >= 11 is 0. The van der Waals surface area contributed by atoms with Gasteiger partial charge >= 0.3 is 0 Å². The molecule has 0 saturated carbocycles. The summed E-state index contributed by atoms with van der Waals surface area (Å²) in [7, 11) is -2.62. The van der Waals surface area contributed by atoms with Gasteiger partial charge in [-0.3, -0.25) is 9.52 Å². The maximum Gasteiger partial charge on any atom is 0.265 e. The van der Waals surface area contributed by atoms with E-state index in [0.29, 0.717) is 29.5 Å². The lowest BCUT2D eigenvalue weighted by Crippen LogP contribution is -2.21. The van der Waals surface area contributed by atoms with E-state index in [0.717, 1.165) is 19.3 Å². The molecule has 0 bridgehead atoms. The molecule has 3 aromatic rings. The number of methoxy groups -OCH3 is 1. The Morgan fingerprint density at radius 1 is 0.886 bits per heavy atom. The minimum Gasteiger partial charge on any atom is -0.495 e. The highest BCUT2D eigenvalue weighted by molar-refractivity contribution is 7.92. The molecule has 8 nitrogen and oxygen atoms in total. The van der Waals surface area contributed by atoms with Crippen LogP contribution in [0.15, 0.2) is 65.6 Å². The molecular formula is C26H28N2O6S. The van der Waals surface area contributed by atoms with Gasteiger partial charge in [-0.25, -0.2) is 8.42 Å².